The molecule has 1 heterocycles. The lowest BCUT2D eigenvalue weighted by atomic mass is 10.1. The number of nitrogens with one attached hydrogen (secondary N) is 1. The number of rotatable bonds is 5. The Labute approximate surface area is 132 Å². The van der Waals surface area contributed by atoms with Gasteiger partial charge < -0.3 is 14.4 Å². The van der Waals surface area contributed by atoms with Crippen molar-refractivity contribution in [3.05, 3.63) is 17.7 Å². The van der Waals surface area contributed by atoms with E-state index in [0.717, 1.165) is 6.54 Å². The van der Waals surface area contributed by atoms with Gasteiger partial charge in [0.2, 0.25) is 10.0 Å². The molecule has 1 fully saturated rings. The predicted molar refractivity (Wildman–Crippen MR) is 85.1 cm³/mol. The summed E-state index contributed by atoms with van der Waals surface area (Å²) in [5.41, 5.74) is 0.629. The van der Waals surface area contributed by atoms with Gasteiger partial charge in [-0.1, -0.05) is 6.92 Å². The number of likely N-dealkylation sites (N-methyl/N-ethyl adjacent to an activating group) is 1. The maximum absolute atomic E-state index is 12.7. The van der Waals surface area contributed by atoms with Gasteiger partial charge in [-0.3, -0.25) is 0 Å². The van der Waals surface area contributed by atoms with E-state index < -0.39 is 10.0 Å². The normalized spacial score (nSPS) is 22.8. The summed E-state index contributed by atoms with van der Waals surface area (Å²) >= 11 is 0. The van der Waals surface area contributed by atoms with Gasteiger partial charge in [0, 0.05) is 25.2 Å². The second-order valence-corrected chi connectivity index (χ2v) is 7.58. The first-order valence-electron chi connectivity index (χ1n) is 7.22. The molecule has 2 atom stereocenters. The van der Waals surface area contributed by atoms with E-state index in [1.54, 1.807) is 13.0 Å². The highest BCUT2D eigenvalue weighted by molar-refractivity contribution is 7.89. The van der Waals surface area contributed by atoms with Crippen molar-refractivity contribution in [2.24, 2.45) is 5.92 Å². The zero-order valence-corrected chi connectivity index (χ0v) is 14.5. The van der Waals surface area contributed by atoms with Crippen LogP contribution < -0.4 is 14.2 Å². The highest BCUT2D eigenvalue weighted by Gasteiger charge is 2.32. The zero-order chi connectivity index (χ0) is 16.5. The molecule has 2 unspecified atom stereocenters. The molecule has 1 aliphatic heterocycles. The average Bonchev–Trinajstić information content (AvgIpc) is 2.75. The molecule has 0 radical (unpaired) electrons. The molecule has 0 aromatic heterocycles. The summed E-state index contributed by atoms with van der Waals surface area (Å²) in [5, 5.41) is 0. The number of aryl methyl sites for hydroxylation is 1. The van der Waals surface area contributed by atoms with E-state index in [-0.39, 0.29) is 16.9 Å². The summed E-state index contributed by atoms with van der Waals surface area (Å²) in [7, 11) is 1.41. The number of hydrogen-bond donors (Lipinski definition) is 1. The Hall–Kier alpha value is -1.31. The highest BCUT2D eigenvalue weighted by atomic mass is 32.2. The summed E-state index contributed by atoms with van der Waals surface area (Å²) < 4.78 is 38.6. The summed E-state index contributed by atoms with van der Waals surface area (Å²) in [4.78, 5) is 2.35. The predicted octanol–water partition coefficient (Wildman–Crippen LogP) is 1.24. The zero-order valence-electron chi connectivity index (χ0n) is 13.7. The largest absolute Gasteiger partial charge is 0.493 e. The van der Waals surface area contributed by atoms with Gasteiger partial charge in [-0.25, -0.2) is 13.1 Å². The smallest absolute Gasteiger partial charge is 0.241 e. The molecule has 7 heteroatoms. The molecular formula is C15H24N2O4S. The minimum absolute atomic E-state index is 0.0810. The van der Waals surface area contributed by atoms with Gasteiger partial charge in [0.05, 0.1) is 19.1 Å². The van der Waals surface area contributed by atoms with Gasteiger partial charge in [0.25, 0.3) is 0 Å². The number of nitrogens with zero attached hydrogens (tertiary/aromatic N) is 1. The Morgan fingerprint density at radius 1 is 1.18 bits per heavy atom. The van der Waals surface area contributed by atoms with Crippen LogP contribution in [0.4, 0.5) is 0 Å². The number of methoxy groups -OCH3 is 2. The quantitative estimate of drug-likeness (QED) is 0.881. The van der Waals surface area contributed by atoms with Crippen LogP contribution in [0, 0.1) is 12.8 Å². The number of hydrogen-bond acceptors (Lipinski definition) is 5. The fraction of sp³-hybridized carbons (Fsp3) is 0.600. The fourth-order valence-corrected chi connectivity index (χ4v) is 4.45. The van der Waals surface area contributed by atoms with Gasteiger partial charge in [0.15, 0.2) is 11.5 Å². The van der Waals surface area contributed by atoms with Gasteiger partial charge in [-0.05, 0) is 31.5 Å². The Kier molecular flexibility index (Phi) is 4.99. The van der Waals surface area contributed by atoms with E-state index >= 15 is 0 Å². The van der Waals surface area contributed by atoms with Crippen LogP contribution in [-0.2, 0) is 10.0 Å². The molecule has 22 heavy (non-hydrogen) atoms. The molecule has 1 saturated heterocycles. The van der Waals surface area contributed by atoms with Crippen LogP contribution in [-0.4, -0.2) is 53.7 Å². The third-order valence-electron chi connectivity index (χ3n) is 4.07. The van der Waals surface area contributed by atoms with Crippen LogP contribution in [0.1, 0.15) is 12.5 Å². The van der Waals surface area contributed by atoms with Crippen molar-refractivity contribution in [3.63, 3.8) is 0 Å². The second-order valence-electron chi connectivity index (χ2n) is 5.90. The van der Waals surface area contributed by atoms with Crippen molar-refractivity contribution < 1.29 is 17.9 Å². The third-order valence-corrected chi connectivity index (χ3v) is 5.70. The number of ether oxygens (including phenoxy) is 2. The topological polar surface area (TPSA) is 67.9 Å². The Morgan fingerprint density at radius 2 is 1.77 bits per heavy atom. The van der Waals surface area contributed by atoms with E-state index in [2.05, 4.69) is 16.5 Å². The lowest BCUT2D eigenvalue weighted by molar-refractivity contribution is 0.353. The summed E-state index contributed by atoms with van der Waals surface area (Å²) in [6.45, 7) is 5.41. The molecule has 1 aromatic rings. The molecule has 0 amide bonds. The first-order valence-corrected chi connectivity index (χ1v) is 8.70. The first-order chi connectivity index (χ1) is 10.3. The van der Waals surface area contributed by atoms with Crippen LogP contribution in [0.15, 0.2) is 17.0 Å². The molecule has 6 nitrogen and oxygen atoms in total. The van der Waals surface area contributed by atoms with Crippen LogP contribution in [0.5, 0.6) is 11.5 Å². The fourth-order valence-electron chi connectivity index (χ4n) is 2.88. The van der Waals surface area contributed by atoms with Crippen LogP contribution in [0.3, 0.4) is 0 Å². The molecule has 0 bridgehead atoms. The van der Waals surface area contributed by atoms with Gasteiger partial charge in [-0.15, -0.1) is 0 Å². The van der Waals surface area contributed by atoms with Gasteiger partial charge >= 0.3 is 0 Å². The summed E-state index contributed by atoms with van der Waals surface area (Å²) in [6.07, 6.45) is 0. The van der Waals surface area contributed by atoms with Crippen molar-refractivity contribution in [3.8, 4) is 11.5 Å². The number of likely N-dealkylation sites (tertiary alicyclic amines) is 1. The molecule has 0 saturated carbocycles. The van der Waals surface area contributed by atoms with Crippen molar-refractivity contribution in [2.75, 3.05) is 34.4 Å². The minimum Gasteiger partial charge on any atom is -0.493 e. The van der Waals surface area contributed by atoms with Crippen molar-refractivity contribution >= 4 is 10.0 Å². The first kappa shape index (κ1) is 17.1. The molecule has 1 aliphatic rings. The third kappa shape index (κ3) is 3.37. The Balaban J connectivity index is 2.33. The molecule has 2 rings (SSSR count). The summed E-state index contributed by atoms with van der Waals surface area (Å²) in [6, 6.07) is 3.11. The summed E-state index contributed by atoms with van der Waals surface area (Å²) in [5.74, 6) is 1.21. The minimum atomic E-state index is -3.60. The van der Waals surface area contributed by atoms with Crippen molar-refractivity contribution in [1.29, 1.82) is 0 Å². The molecular weight excluding hydrogens is 304 g/mol. The van der Waals surface area contributed by atoms with Crippen LogP contribution in [0.2, 0.25) is 0 Å². The Morgan fingerprint density at radius 3 is 2.27 bits per heavy atom. The SMILES string of the molecule is COc1cc(C)c(S(=O)(=O)NC2CN(C)CC2C)cc1OC. The Bertz CT molecular complexity index is 645. The maximum atomic E-state index is 12.7. The maximum Gasteiger partial charge on any atom is 0.241 e. The molecule has 0 aliphatic carbocycles. The van der Waals surface area contributed by atoms with E-state index in [4.69, 9.17) is 9.47 Å². The van der Waals surface area contributed by atoms with Gasteiger partial charge in [0.1, 0.15) is 0 Å². The van der Waals surface area contributed by atoms with E-state index in [1.165, 1.54) is 20.3 Å². The highest BCUT2D eigenvalue weighted by Crippen LogP contribution is 2.32. The number of benzene rings is 1. The number of sulfonamides is 1. The molecule has 1 aromatic carbocycles. The second kappa shape index (κ2) is 6.44. The van der Waals surface area contributed by atoms with Crippen LogP contribution >= 0.6 is 0 Å². The standard InChI is InChI=1S/C15H24N2O4S/c1-10-6-13(20-4)14(21-5)7-15(10)22(18,19)16-12-9-17(3)8-11(12)2/h6-7,11-12,16H,8-9H2,1-5H3. The van der Waals surface area contributed by atoms with E-state index in [9.17, 15) is 8.42 Å². The van der Waals surface area contributed by atoms with Gasteiger partial charge in [-0.2, -0.15) is 0 Å². The van der Waals surface area contributed by atoms with Crippen LogP contribution in [0.25, 0.3) is 0 Å². The van der Waals surface area contributed by atoms with E-state index in [0.29, 0.717) is 23.6 Å². The van der Waals surface area contributed by atoms with Crippen molar-refractivity contribution in [1.82, 2.24) is 9.62 Å². The van der Waals surface area contributed by atoms with E-state index in [1.807, 2.05) is 7.05 Å². The van der Waals surface area contributed by atoms with Crippen molar-refractivity contribution in [2.45, 2.75) is 24.8 Å². The molecule has 0 spiro atoms. The molecule has 1 N–H and O–H groups in total. The average molecular weight is 328 g/mol. The lowest BCUT2D eigenvalue weighted by Crippen LogP contribution is -2.39. The monoisotopic (exact) mass is 328 g/mol. The lowest BCUT2D eigenvalue weighted by Gasteiger charge is -2.19. The molecule has 124 valence electrons.